The van der Waals surface area contributed by atoms with E-state index in [0.29, 0.717) is 6.07 Å². The molecule has 0 heterocycles. The average molecular weight is 292 g/mol. The van der Waals surface area contributed by atoms with Gasteiger partial charge in [-0.25, -0.2) is 0 Å². The van der Waals surface area contributed by atoms with E-state index in [1.165, 1.54) is 0 Å². The van der Waals surface area contributed by atoms with E-state index in [4.69, 9.17) is 5.11 Å². The van der Waals surface area contributed by atoms with Crippen molar-refractivity contribution in [3.05, 3.63) is 33.9 Å². The number of rotatable bonds is 6. The maximum atomic E-state index is 12.5. The minimum absolute atomic E-state index is 0.0756. The molecule has 1 aromatic rings. The molecule has 9 heteroatoms. The van der Waals surface area contributed by atoms with Gasteiger partial charge in [0.25, 0.3) is 5.69 Å². The van der Waals surface area contributed by atoms with E-state index in [2.05, 4.69) is 5.32 Å². The lowest BCUT2D eigenvalue weighted by Gasteiger charge is -2.10. The van der Waals surface area contributed by atoms with Crippen LogP contribution in [0, 0.1) is 10.1 Å². The van der Waals surface area contributed by atoms with Crippen LogP contribution in [0.5, 0.6) is 0 Å². The van der Waals surface area contributed by atoms with Crippen molar-refractivity contribution in [2.75, 3.05) is 11.9 Å². The van der Waals surface area contributed by atoms with Crippen LogP contribution < -0.4 is 5.32 Å². The smallest absolute Gasteiger partial charge is 0.416 e. The van der Waals surface area contributed by atoms with Crippen molar-refractivity contribution in [1.82, 2.24) is 0 Å². The first-order chi connectivity index (χ1) is 9.21. The average Bonchev–Trinajstić information content (AvgIpc) is 2.33. The third kappa shape index (κ3) is 4.41. The molecule has 1 rings (SSSR count). The SMILES string of the molecule is O=C(O)CCCNc1ccc(C(F)(F)F)cc1[N+](=O)[O-]. The number of carboxylic acids is 1. The van der Waals surface area contributed by atoms with Crippen molar-refractivity contribution in [3.63, 3.8) is 0 Å². The summed E-state index contributed by atoms with van der Waals surface area (Å²) in [7, 11) is 0. The van der Waals surface area contributed by atoms with Crippen LogP contribution in [0.15, 0.2) is 18.2 Å². The largest absolute Gasteiger partial charge is 0.481 e. The summed E-state index contributed by atoms with van der Waals surface area (Å²) in [5.41, 5.74) is -1.89. The van der Waals surface area contributed by atoms with Crippen molar-refractivity contribution in [2.24, 2.45) is 0 Å². The quantitative estimate of drug-likeness (QED) is 0.478. The van der Waals surface area contributed by atoms with Crippen LogP contribution in [-0.4, -0.2) is 22.5 Å². The zero-order valence-electron chi connectivity index (χ0n) is 10.1. The van der Waals surface area contributed by atoms with Gasteiger partial charge in [-0.2, -0.15) is 13.2 Å². The van der Waals surface area contributed by atoms with Crippen molar-refractivity contribution in [3.8, 4) is 0 Å². The maximum Gasteiger partial charge on any atom is 0.416 e. The van der Waals surface area contributed by atoms with Crippen molar-refractivity contribution < 1.29 is 28.0 Å². The number of nitrogens with one attached hydrogen (secondary N) is 1. The predicted molar refractivity (Wildman–Crippen MR) is 63.5 cm³/mol. The Bertz CT molecular complexity index is 517. The zero-order valence-corrected chi connectivity index (χ0v) is 10.1. The number of nitro benzene ring substituents is 1. The molecule has 0 saturated heterocycles. The van der Waals surface area contributed by atoms with E-state index in [-0.39, 0.29) is 25.1 Å². The Hall–Kier alpha value is -2.32. The van der Waals surface area contributed by atoms with Crippen LogP contribution >= 0.6 is 0 Å². The summed E-state index contributed by atoms with van der Waals surface area (Å²) in [5.74, 6) is -1.02. The van der Waals surface area contributed by atoms with Gasteiger partial charge in [-0.15, -0.1) is 0 Å². The molecule has 0 aliphatic heterocycles. The molecule has 0 spiro atoms. The molecule has 6 nitrogen and oxygen atoms in total. The van der Waals surface area contributed by atoms with Crippen LogP contribution in [0.25, 0.3) is 0 Å². The number of nitrogens with zero attached hydrogens (tertiary/aromatic N) is 1. The first-order valence-corrected chi connectivity index (χ1v) is 5.53. The highest BCUT2D eigenvalue weighted by molar-refractivity contribution is 5.67. The summed E-state index contributed by atoms with van der Waals surface area (Å²) >= 11 is 0. The van der Waals surface area contributed by atoms with E-state index in [9.17, 15) is 28.1 Å². The molecule has 0 aliphatic carbocycles. The number of anilines is 1. The van der Waals surface area contributed by atoms with Gasteiger partial charge in [-0.3, -0.25) is 14.9 Å². The summed E-state index contributed by atoms with van der Waals surface area (Å²) in [6.45, 7) is 0.110. The van der Waals surface area contributed by atoms with E-state index >= 15 is 0 Å². The Labute approximate surface area is 111 Å². The molecular formula is C11H11F3N2O4. The third-order valence-electron chi connectivity index (χ3n) is 2.40. The van der Waals surface area contributed by atoms with Gasteiger partial charge in [0.15, 0.2) is 0 Å². The minimum atomic E-state index is -4.66. The first-order valence-electron chi connectivity index (χ1n) is 5.53. The summed E-state index contributed by atoms with van der Waals surface area (Å²) in [6, 6.07) is 2.13. The van der Waals surface area contributed by atoms with Crippen molar-refractivity contribution >= 4 is 17.3 Å². The molecule has 2 N–H and O–H groups in total. The first kappa shape index (κ1) is 15.7. The number of hydrogen-bond acceptors (Lipinski definition) is 4. The number of carboxylic acid groups (broad SMARTS) is 1. The monoisotopic (exact) mass is 292 g/mol. The van der Waals surface area contributed by atoms with Gasteiger partial charge in [-0.1, -0.05) is 0 Å². The van der Waals surface area contributed by atoms with E-state index in [0.717, 1.165) is 12.1 Å². The van der Waals surface area contributed by atoms with Gasteiger partial charge in [0.2, 0.25) is 0 Å². The van der Waals surface area contributed by atoms with Gasteiger partial charge in [0.1, 0.15) is 5.69 Å². The molecule has 0 fully saturated rings. The fourth-order valence-electron chi connectivity index (χ4n) is 1.47. The van der Waals surface area contributed by atoms with Crippen molar-refractivity contribution in [2.45, 2.75) is 19.0 Å². The summed E-state index contributed by atoms with van der Waals surface area (Å²) in [4.78, 5) is 20.1. The lowest BCUT2D eigenvalue weighted by molar-refractivity contribution is -0.384. The highest BCUT2D eigenvalue weighted by Crippen LogP contribution is 2.34. The summed E-state index contributed by atoms with van der Waals surface area (Å²) in [6.07, 6.45) is -4.60. The second kappa shape index (κ2) is 6.22. The van der Waals surface area contributed by atoms with E-state index in [1.54, 1.807) is 0 Å². The summed E-state index contributed by atoms with van der Waals surface area (Å²) in [5, 5.41) is 21.7. The highest BCUT2D eigenvalue weighted by atomic mass is 19.4. The fourth-order valence-corrected chi connectivity index (χ4v) is 1.47. The molecular weight excluding hydrogens is 281 g/mol. The predicted octanol–water partition coefficient (Wildman–Crippen LogP) is 2.89. The molecule has 20 heavy (non-hydrogen) atoms. The number of hydrogen-bond donors (Lipinski definition) is 2. The molecule has 0 aromatic heterocycles. The topological polar surface area (TPSA) is 92.5 Å². The second-order valence-corrected chi connectivity index (χ2v) is 3.91. The Morgan fingerprint density at radius 1 is 1.40 bits per heavy atom. The van der Waals surface area contributed by atoms with Gasteiger partial charge in [0, 0.05) is 19.0 Å². The minimum Gasteiger partial charge on any atom is -0.481 e. The number of nitro groups is 1. The Morgan fingerprint density at radius 2 is 2.05 bits per heavy atom. The Balaban J connectivity index is 2.86. The van der Waals surface area contributed by atoms with Crippen LogP contribution in [0.3, 0.4) is 0 Å². The lowest BCUT2D eigenvalue weighted by Crippen LogP contribution is -2.09. The molecule has 0 aliphatic rings. The van der Waals surface area contributed by atoms with E-state index in [1.807, 2.05) is 0 Å². The van der Waals surface area contributed by atoms with Gasteiger partial charge in [-0.05, 0) is 18.6 Å². The molecule has 0 bridgehead atoms. The summed E-state index contributed by atoms with van der Waals surface area (Å²) < 4.78 is 37.4. The highest BCUT2D eigenvalue weighted by Gasteiger charge is 2.32. The molecule has 0 saturated carbocycles. The molecule has 0 radical (unpaired) electrons. The molecule has 1 aromatic carbocycles. The molecule has 110 valence electrons. The lowest BCUT2D eigenvalue weighted by atomic mass is 10.1. The van der Waals surface area contributed by atoms with Crippen LogP contribution in [-0.2, 0) is 11.0 Å². The van der Waals surface area contributed by atoms with Crippen molar-refractivity contribution in [1.29, 1.82) is 0 Å². The van der Waals surface area contributed by atoms with Crippen LogP contribution in [0.4, 0.5) is 24.5 Å². The number of halogens is 3. The van der Waals surface area contributed by atoms with Crippen LogP contribution in [0.1, 0.15) is 18.4 Å². The Kier molecular flexibility index (Phi) is 4.89. The van der Waals surface area contributed by atoms with Gasteiger partial charge >= 0.3 is 12.1 Å². The van der Waals surface area contributed by atoms with E-state index < -0.39 is 28.3 Å². The maximum absolute atomic E-state index is 12.5. The van der Waals surface area contributed by atoms with Gasteiger partial charge in [0.05, 0.1) is 10.5 Å². The standard InChI is InChI=1S/C11H11F3N2O4/c12-11(13,14)7-3-4-8(9(6-7)16(19)20)15-5-1-2-10(17)18/h3-4,6,15H,1-2,5H2,(H,17,18). The number of alkyl halides is 3. The van der Waals surface area contributed by atoms with Gasteiger partial charge < -0.3 is 10.4 Å². The van der Waals surface area contributed by atoms with Crippen LogP contribution in [0.2, 0.25) is 0 Å². The number of carbonyl (C=O) groups is 1. The molecule has 0 unspecified atom stereocenters. The zero-order chi connectivity index (χ0) is 15.3. The number of aliphatic carboxylic acids is 1. The molecule has 0 amide bonds. The molecule has 0 atom stereocenters. The fraction of sp³-hybridized carbons (Fsp3) is 0.364. The second-order valence-electron chi connectivity index (χ2n) is 3.91. The normalized spacial score (nSPS) is 11.2. The number of benzene rings is 1. The Morgan fingerprint density at radius 3 is 2.55 bits per heavy atom. The third-order valence-corrected chi connectivity index (χ3v) is 2.40.